The van der Waals surface area contributed by atoms with Crippen LogP contribution in [0.25, 0.3) is 0 Å². The SMILES string of the molecule is CCn1nc(C)c(CCN(C)c2ccc(C(=O)O)cc2NS(=O)(=O)c2ccc(C)cc2)c1C. The van der Waals surface area contributed by atoms with Crippen LogP contribution in [0.4, 0.5) is 11.4 Å². The van der Waals surface area contributed by atoms with Crippen molar-refractivity contribution < 1.29 is 18.3 Å². The fraction of sp³-hybridized carbons (Fsp3) is 0.333. The molecule has 33 heavy (non-hydrogen) atoms. The number of carboxylic acid groups (broad SMARTS) is 1. The summed E-state index contributed by atoms with van der Waals surface area (Å²) in [5.74, 6) is -1.13. The van der Waals surface area contributed by atoms with Crippen molar-refractivity contribution >= 4 is 27.4 Å². The molecule has 0 aliphatic carbocycles. The molecule has 3 rings (SSSR count). The molecule has 0 spiro atoms. The molecular weight excluding hydrogens is 440 g/mol. The molecule has 176 valence electrons. The van der Waals surface area contributed by atoms with Crippen LogP contribution in [0.15, 0.2) is 47.4 Å². The molecule has 2 N–H and O–H groups in total. The highest BCUT2D eigenvalue weighted by atomic mass is 32.2. The molecule has 2 aromatic carbocycles. The van der Waals surface area contributed by atoms with Gasteiger partial charge >= 0.3 is 5.97 Å². The lowest BCUT2D eigenvalue weighted by atomic mass is 10.1. The topological polar surface area (TPSA) is 105 Å². The Hall–Kier alpha value is -3.33. The highest BCUT2D eigenvalue weighted by molar-refractivity contribution is 7.92. The summed E-state index contributed by atoms with van der Waals surface area (Å²) >= 11 is 0. The predicted molar refractivity (Wildman–Crippen MR) is 130 cm³/mol. The van der Waals surface area contributed by atoms with Crippen LogP contribution in [0.3, 0.4) is 0 Å². The number of aromatic nitrogens is 2. The second-order valence-electron chi connectivity index (χ2n) is 8.09. The van der Waals surface area contributed by atoms with E-state index in [1.807, 2.05) is 44.3 Å². The fourth-order valence-corrected chi connectivity index (χ4v) is 4.87. The number of carboxylic acids is 1. The number of hydrogen-bond donors (Lipinski definition) is 2. The van der Waals surface area contributed by atoms with Gasteiger partial charge in [0.15, 0.2) is 0 Å². The highest BCUT2D eigenvalue weighted by Gasteiger charge is 2.20. The number of rotatable bonds is 9. The molecule has 0 atom stereocenters. The van der Waals surface area contributed by atoms with Crippen molar-refractivity contribution in [3.05, 3.63) is 70.5 Å². The monoisotopic (exact) mass is 470 g/mol. The van der Waals surface area contributed by atoms with Crippen LogP contribution in [0.5, 0.6) is 0 Å². The molecular formula is C24H30N4O4S. The molecule has 1 aromatic heterocycles. The van der Waals surface area contributed by atoms with Gasteiger partial charge in [-0.15, -0.1) is 0 Å². The number of aryl methyl sites for hydroxylation is 3. The van der Waals surface area contributed by atoms with Crippen molar-refractivity contribution in [1.29, 1.82) is 0 Å². The fourth-order valence-electron chi connectivity index (χ4n) is 3.81. The largest absolute Gasteiger partial charge is 0.478 e. The molecule has 0 aliphatic rings. The van der Waals surface area contributed by atoms with E-state index in [2.05, 4.69) is 9.82 Å². The second kappa shape index (κ2) is 9.66. The van der Waals surface area contributed by atoms with E-state index in [1.54, 1.807) is 18.2 Å². The maximum absolute atomic E-state index is 13.0. The molecule has 0 fully saturated rings. The standard InChI is InChI=1S/C24H30N4O4S/c1-6-28-18(4)21(17(3)25-28)13-14-27(5)23-12-9-19(24(29)30)15-22(23)26-33(31,32)20-10-7-16(2)8-11-20/h7-12,15,26H,6,13-14H2,1-5H3,(H,29,30). The Morgan fingerprint density at radius 1 is 1.12 bits per heavy atom. The lowest BCUT2D eigenvalue weighted by Crippen LogP contribution is -2.23. The number of aromatic carboxylic acids is 1. The van der Waals surface area contributed by atoms with Crippen molar-refractivity contribution in [2.24, 2.45) is 0 Å². The Morgan fingerprint density at radius 3 is 2.36 bits per heavy atom. The Labute approximate surface area is 194 Å². The lowest BCUT2D eigenvalue weighted by molar-refractivity contribution is 0.0697. The zero-order valence-electron chi connectivity index (χ0n) is 19.6. The first-order valence-corrected chi connectivity index (χ1v) is 12.2. The van der Waals surface area contributed by atoms with Gasteiger partial charge in [-0.05, 0) is 70.0 Å². The zero-order valence-corrected chi connectivity index (χ0v) is 20.4. The molecule has 0 amide bonds. The number of nitrogens with zero attached hydrogens (tertiary/aromatic N) is 3. The summed E-state index contributed by atoms with van der Waals surface area (Å²) in [4.78, 5) is 13.6. The van der Waals surface area contributed by atoms with Crippen molar-refractivity contribution in [3.8, 4) is 0 Å². The van der Waals surface area contributed by atoms with E-state index in [4.69, 9.17) is 0 Å². The molecule has 0 bridgehead atoms. The summed E-state index contributed by atoms with van der Waals surface area (Å²) in [6.07, 6.45) is 0.721. The average molecular weight is 471 g/mol. The molecule has 3 aromatic rings. The Kier molecular flexibility index (Phi) is 7.12. The first-order chi connectivity index (χ1) is 15.5. The minimum absolute atomic E-state index is 0.00432. The zero-order chi connectivity index (χ0) is 24.3. The lowest BCUT2D eigenvalue weighted by Gasteiger charge is -2.23. The van der Waals surface area contributed by atoms with Gasteiger partial charge < -0.3 is 10.0 Å². The third-order valence-corrected chi connectivity index (χ3v) is 7.14. The van der Waals surface area contributed by atoms with Gasteiger partial charge in [-0.25, -0.2) is 13.2 Å². The van der Waals surface area contributed by atoms with Crippen molar-refractivity contribution in [3.63, 3.8) is 0 Å². The number of carbonyl (C=O) groups is 1. The van der Waals surface area contributed by atoms with Crippen LogP contribution >= 0.6 is 0 Å². The van der Waals surface area contributed by atoms with Crippen LogP contribution in [0.1, 0.15) is 39.8 Å². The van der Waals surface area contributed by atoms with Gasteiger partial charge in [0.2, 0.25) is 0 Å². The first kappa shape index (κ1) is 24.3. The Balaban J connectivity index is 1.91. The molecule has 0 unspecified atom stereocenters. The summed E-state index contributed by atoms with van der Waals surface area (Å²) in [7, 11) is -2.04. The minimum Gasteiger partial charge on any atom is -0.478 e. The van der Waals surface area contributed by atoms with Gasteiger partial charge in [-0.1, -0.05) is 17.7 Å². The Bertz CT molecular complexity index is 1260. The normalized spacial score (nSPS) is 11.4. The number of likely N-dealkylation sites (N-methyl/N-ethyl adjacent to an activating group) is 1. The predicted octanol–water partition coefficient (Wildman–Crippen LogP) is 4.01. The number of nitrogens with one attached hydrogen (secondary N) is 1. The molecule has 1 heterocycles. The van der Waals surface area contributed by atoms with Gasteiger partial charge in [0.25, 0.3) is 10.0 Å². The van der Waals surface area contributed by atoms with Crippen molar-refractivity contribution in [2.75, 3.05) is 23.2 Å². The third kappa shape index (κ3) is 5.36. The number of sulfonamides is 1. The smallest absolute Gasteiger partial charge is 0.335 e. The highest BCUT2D eigenvalue weighted by Crippen LogP contribution is 2.29. The molecule has 0 radical (unpaired) electrons. The average Bonchev–Trinajstić information content (AvgIpc) is 3.04. The third-order valence-electron chi connectivity index (χ3n) is 5.76. The van der Waals surface area contributed by atoms with Gasteiger partial charge in [0.1, 0.15) is 0 Å². The van der Waals surface area contributed by atoms with E-state index >= 15 is 0 Å². The van der Waals surface area contributed by atoms with E-state index in [-0.39, 0.29) is 16.1 Å². The molecule has 0 aliphatic heterocycles. The molecule has 0 saturated heterocycles. The molecule has 0 saturated carbocycles. The minimum atomic E-state index is -3.89. The number of hydrogen-bond acceptors (Lipinski definition) is 5. The van der Waals surface area contributed by atoms with Crippen molar-refractivity contribution in [2.45, 2.75) is 45.6 Å². The van der Waals surface area contributed by atoms with Gasteiger partial charge in [-0.2, -0.15) is 5.10 Å². The number of anilines is 2. The van der Waals surface area contributed by atoms with E-state index in [1.165, 1.54) is 24.3 Å². The van der Waals surface area contributed by atoms with E-state index in [9.17, 15) is 18.3 Å². The van der Waals surface area contributed by atoms with Crippen LogP contribution in [-0.4, -0.2) is 42.9 Å². The summed E-state index contributed by atoms with van der Waals surface area (Å²) in [5, 5.41) is 14.0. The van der Waals surface area contributed by atoms with Crippen LogP contribution in [0.2, 0.25) is 0 Å². The maximum atomic E-state index is 13.0. The molecule has 8 nitrogen and oxygen atoms in total. The summed E-state index contributed by atoms with van der Waals surface area (Å²) in [6.45, 7) is 9.35. The molecule has 9 heteroatoms. The van der Waals surface area contributed by atoms with Gasteiger partial charge in [0.05, 0.1) is 27.5 Å². The van der Waals surface area contributed by atoms with Crippen LogP contribution < -0.4 is 9.62 Å². The first-order valence-electron chi connectivity index (χ1n) is 10.7. The van der Waals surface area contributed by atoms with E-state index < -0.39 is 16.0 Å². The summed E-state index contributed by atoms with van der Waals surface area (Å²) in [6, 6.07) is 10.9. The van der Waals surface area contributed by atoms with Crippen molar-refractivity contribution in [1.82, 2.24) is 9.78 Å². The maximum Gasteiger partial charge on any atom is 0.335 e. The summed E-state index contributed by atoms with van der Waals surface area (Å²) < 4.78 is 30.5. The Morgan fingerprint density at radius 2 is 1.79 bits per heavy atom. The van der Waals surface area contributed by atoms with E-state index in [0.717, 1.165) is 35.5 Å². The quantitative estimate of drug-likeness (QED) is 0.490. The van der Waals surface area contributed by atoms with Gasteiger partial charge in [0, 0.05) is 25.8 Å². The van der Waals surface area contributed by atoms with Crippen LogP contribution in [-0.2, 0) is 23.0 Å². The second-order valence-corrected chi connectivity index (χ2v) is 9.77. The van der Waals surface area contributed by atoms with E-state index in [0.29, 0.717) is 12.2 Å². The van der Waals surface area contributed by atoms with Crippen LogP contribution in [0, 0.1) is 20.8 Å². The summed E-state index contributed by atoms with van der Waals surface area (Å²) in [5.41, 5.74) is 5.01. The van der Waals surface area contributed by atoms with Gasteiger partial charge in [-0.3, -0.25) is 9.40 Å². The number of benzene rings is 2.